The van der Waals surface area contributed by atoms with E-state index in [-0.39, 0.29) is 17.9 Å². The number of amides is 1. The van der Waals surface area contributed by atoms with Gasteiger partial charge in [0.1, 0.15) is 11.6 Å². The minimum Gasteiger partial charge on any atom is -0.352 e. The van der Waals surface area contributed by atoms with Gasteiger partial charge >= 0.3 is 6.18 Å². The summed E-state index contributed by atoms with van der Waals surface area (Å²) in [4.78, 5) is 12.0. The third-order valence-corrected chi connectivity index (χ3v) is 3.94. The summed E-state index contributed by atoms with van der Waals surface area (Å²) in [7, 11) is 0. The molecular weight excluding hydrogens is 381 g/mol. The topological polar surface area (TPSA) is 46.9 Å². The summed E-state index contributed by atoms with van der Waals surface area (Å²) in [6.45, 7) is 0.123. The van der Waals surface area contributed by atoms with Crippen LogP contribution in [-0.2, 0) is 12.6 Å². The molecule has 28 heavy (non-hydrogen) atoms. The lowest BCUT2D eigenvalue weighted by molar-refractivity contribution is -0.140. The molecule has 1 amide bonds. The van der Waals surface area contributed by atoms with Gasteiger partial charge in [0.15, 0.2) is 0 Å². The maximum absolute atomic E-state index is 13.3. The van der Waals surface area contributed by atoms with Crippen molar-refractivity contribution < 1.29 is 26.7 Å². The molecule has 9 heteroatoms. The number of benzene rings is 2. The van der Waals surface area contributed by atoms with E-state index in [0.29, 0.717) is 29.9 Å². The van der Waals surface area contributed by atoms with E-state index >= 15 is 0 Å². The van der Waals surface area contributed by atoms with Crippen LogP contribution in [0.2, 0.25) is 0 Å². The van der Waals surface area contributed by atoms with E-state index in [4.69, 9.17) is 0 Å². The molecule has 0 aliphatic heterocycles. The lowest BCUT2D eigenvalue weighted by Gasteiger charge is -2.10. The molecule has 0 bridgehead atoms. The van der Waals surface area contributed by atoms with Crippen LogP contribution in [0.3, 0.4) is 0 Å². The van der Waals surface area contributed by atoms with Gasteiger partial charge in [0.2, 0.25) is 0 Å². The van der Waals surface area contributed by atoms with Gasteiger partial charge in [-0.1, -0.05) is 0 Å². The third kappa shape index (κ3) is 4.54. The van der Waals surface area contributed by atoms with E-state index in [1.807, 2.05) is 0 Å². The first-order valence-electron chi connectivity index (χ1n) is 8.19. The molecule has 0 fully saturated rings. The van der Waals surface area contributed by atoms with Crippen molar-refractivity contribution >= 4 is 5.91 Å². The number of aromatic nitrogens is 2. The minimum absolute atomic E-state index is 0.123. The molecule has 0 unspecified atom stereocenters. The Morgan fingerprint density at radius 3 is 2.43 bits per heavy atom. The summed E-state index contributed by atoms with van der Waals surface area (Å²) in [5.41, 5.74) is -0.494. The van der Waals surface area contributed by atoms with E-state index in [1.54, 1.807) is 24.4 Å². The van der Waals surface area contributed by atoms with Crippen LogP contribution in [0.15, 0.2) is 54.7 Å². The molecule has 1 N–H and O–H groups in total. The van der Waals surface area contributed by atoms with Gasteiger partial charge in [-0.3, -0.25) is 4.79 Å². The molecule has 3 aromatic rings. The molecule has 146 valence electrons. The summed E-state index contributed by atoms with van der Waals surface area (Å²) >= 11 is 0. The number of carbonyl (C=O) groups excluding carboxylic acids is 1. The Morgan fingerprint density at radius 1 is 1.04 bits per heavy atom. The summed E-state index contributed by atoms with van der Waals surface area (Å²) in [6, 6.07) is 9.50. The smallest absolute Gasteiger partial charge is 0.352 e. The molecule has 0 saturated heterocycles. The van der Waals surface area contributed by atoms with Crippen LogP contribution in [-0.4, -0.2) is 22.2 Å². The fraction of sp³-hybridized carbons (Fsp3) is 0.158. The van der Waals surface area contributed by atoms with Crippen molar-refractivity contribution in [2.24, 2.45) is 0 Å². The second-order valence-corrected chi connectivity index (χ2v) is 5.93. The highest BCUT2D eigenvalue weighted by atomic mass is 19.4. The Morgan fingerprint density at radius 2 is 1.75 bits per heavy atom. The zero-order valence-corrected chi connectivity index (χ0v) is 14.3. The number of halogens is 5. The third-order valence-electron chi connectivity index (χ3n) is 3.94. The molecule has 0 radical (unpaired) electrons. The first-order chi connectivity index (χ1) is 13.2. The number of nitrogens with zero attached hydrogens (tertiary/aromatic N) is 2. The van der Waals surface area contributed by atoms with Crippen molar-refractivity contribution in [2.75, 3.05) is 6.54 Å². The second-order valence-electron chi connectivity index (χ2n) is 5.93. The van der Waals surface area contributed by atoms with Crippen LogP contribution in [0.25, 0.3) is 5.69 Å². The highest BCUT2D eigenvalue weighted by molar-refractivity contribution is 5.94. The maximum Gasteiger partial charge on any atom is 0.419 e. The van der Waals surface area contributed by atoms with E-state index < -0.39 is 23.5 Å². The van der Waals surface area contributed by atoms with Crippen LogP contribution in [0, 0.1) is 11.6 Å². The quantitative estimate of drug-likeness (QED) is 0.660. The van der Waals surface area contributed by atoms with Gasteiger partial charge in [-0.15, -0.1) is 0 Å². The van der Waals surface area contributed by atoms with Gasteiger partial charge in [-0.05, 0) is 48.5 Å². The summed E-state index contributed by atoms with van der Waals surface area (Å²) in [5, 5.41) is 6.76. The molecule has 0 spiro atoms. The predicted molar refractivity (Wildman–Crippen MR) is 91.0 cm³/mol. The molecular formula is C19H14F5N3O. The molecule has 1 aromatic heterocycles. The normalized spacial score (nSPS) is 11.5. The van der Waals surface area contributed by atoms with E-state index in [2.05, 4.69) is 10.4 Å². The van der Waals surface area contributed by atoms with Crippen molar-refractivity contribution in [3.8, 4) is 5.69 Å². The Kier molecular flexibility index (Phi) is 5.43. The number of hydrogen-bond donors (Lipinski definition) is 1. The Balaban J connectivity index is 1.60. The van der Waals surface area contributed by atoms with Gasteiger partial charge in [-0.25, -0.2) is 13.5 Å². The number of alkyl halides is 3. The van der Waals surface area contributed by atoms with E-state index in [1.165, 1.54) is 16.8 Å². The van der Waals surface area contributed by atoms with Crippen molar-refractivity contribution in [2.45, 2.75) is 12.6 Å². The van der Waals surface area contributed by atoms with Crippen LogP contribution in [0.1, 0.15) is 21.6 Å². The average Bonchev–Trinajstić information content (AvgIpc) is 3.10. The molecule has 3 rings (SSSR count). The first-order valence-corrected chi connectivity index (χ1v) is 8.19. The number of carbonyl (C=O) groups is 1. The zero-order chi connectivity index (χ0) is 20.3. The number of rotatable bonds is 5. The van der Waals surface area contributed by atoms with E-state index in [0.717, 1.165) is 6.07 Å². The molecule has 0 aliphatic rings. The standard InChI is InChI=1S/C19H14F5N3O/c20-13-2-4-15(5-3-13)27-10-8-14(26-27)7-9-25-18(28)12-1-6-17(21)16(11-12)19(22,23)24/h1-6,8,10-11H,7,9H2,(H,25,28). The van der Waals surface area contributed by atoms with Gasteiger partial charge in [0.25, 0.3) is 5.91 Å². The van der Waals surface area contributed by atoms with Crippen LogP contribution in [0.5, 0.6) is 0 Å². The molecule has 4 nitrogen and oxygen atoms in total. The second kappa shape index (κ2) is 7.79. The van der Waals surface area contributed by atoms with Crippen molar-refractivity contribution in [1.82, 2.24) is 15.1 Å². The van der Waals surface area contributed by atoms with E-state index in [9.17, 15) is 26.7 Å². The lowest BCUT2D eigenvalue weighted by atomic mass is 10.1. The Hall–Kier alpha value is -3.23. The maximum atomic E-state index is 13.3. The lowest BCUT2D eigenvalue weighted by Crippen LogP contribution is -2.26. The minimum atomic E-state index is -4.88. The summed E-state index contributed by atoms with van der Waals surface area (Å²) in [6.07, 6.45) is -2.89. The monoisotopic (exact) mass is 395 g/mol. The van der Waals surface area contributed by atoms with Gasteiger partial charge in [0, 0.05) is 24.7 Å². The molecule has 1 heterocycles. The van der Waals surface area contributed by atoms with Crippen molar-refractivity contribution in [3.05, 3.63) is 83.2 Å². The van der Waals surface area contributed by atoms with Crippen LogP contribution < -0.4 is 5.32 Å². The number of hydrogen-bond acceptors (Lipinski definition) is 2. The van der Waals surface area contributed by atoms with Crippen molar-refractivity contribution in [1.29, 1.82) is 0 Å². The fourth-order valence-electron chi connectivity index (χ4n) is 2.52. The van der Waals surface area contributed by atoms with Crippen LogP contribution >= 0.6 is 0 Å². The SMILES string of the molecule is O=C(NCCc1ccn(-c2ccc(F)cc2)n1)c1ccc(F)c(C(F)(F)F)c1. The molecule has 0 aliphatic carbocycles. The van der Waals surface area contributed by atoms with Gasteiger partial charge < -0.3 is 5.32 Å². The zero-order valence-electron chi connectivity index (χ0n) is 14.3. The summed E-state index contributed by atoms with van der Waals surface area (Å²) in [5.74, 6) is -2.55. The molecule has 2 aromatic carbocycles. The average molecular weight is 395 g/mol. The Bertz CT molecular complexity index is 980. The van der Waals surface area contributed by atoms with Crippen LogP contribution in [0.4, 0.5) is 22.0 Å². The highest BCUT2D eigenvalue weighted by Gasteiger charge is 2.34. The highest BCUT2D eigenvalue weighted by Crippen LogP contribution is 2.31. The molecule has 0 atom stereocenters. The summed E-state index contributed by atoms with van der Waals surface area (Å²) < 4.78 is 65.9. The predicted octanol–water partition coefficient (Wildman–Crippen LogP) is 4.14. The number of nitrogens with one attached hydrogen (secondary N) is 1. The largest absolute Gasteiger partial charge is 0.419 e. The fourth-order valence-corrected chi connectivity index (χ4v) is 2.52. The Labute approximate surface area is 156 Å². The van der Waals surface area contributed by atoms with Gasteiger partial charge in [0.05, 0.1) is 16.9 Å². The molecule has 0 saturated carbocycles. The first kappa shape index (κ1) is 19.5. The van der Waals surface area contributed by atoms with Gasteiger partial charge in [-0.2, -0.15) is 18.3 Å². The van der Waals surface area contributed by atoms with Crippen molar-refractivity contribution in [3.63, 3.8) is 0 Å².